The summed E-state index contributed by atoms with van der Waals surface area (Å²) >= 11 is 2.73. The fourth-order valence-electron chi connectivity index (χ4n) is 2.18. The van der Waals surface area contributed by atoms with E-state index in [1.54, 1.807) is 10.9 Å². The highest BCUT2D eigenvalue weighted by molar-refractivity contribution is 8.00. The van der Waals surface area contributed by atoms with Crippen LogP contribution in [0.3, 0.4) is 0 Å². The van der Waals surface area contributed by atoms with E-state index in [-0.39, 0.29) is 29.9 Å². The predicted molar refractivity (Wildman–Crippen MR) is 79.1 cm³/mol. The standard InChI is InChI=1S/C13H12N2O5S2/c16-10-2-11-15(10)3-8(13(18)19)9(22-11)4-20-12(17)1-7-5-21-6-14-7/h3,5-6,9,11H,1-2,4H2,(H,18,19)/t9?,11-/m1/s1. The molecule has 0 radical (unpaired) electrons. The largest absolute Gasteiger partial charge is 0.478 e. The van der Waals surface area contributed by atoms with Gasteiger partial charge in [-0.15, -0.1) is 23.1 Å². The summed E-state index contributed by atoms with van der Waals surface area (Å²) in [5, 5.41) is 10.5. The zero-order chi connectivity index (χ0) is 15.7. The van der Waals surface area contributed by atoms with Crippen LogP contribution < -0.4 is 0 Å². The van der Waals surface area contributed by atoms with E-state index in [0.717, 1.165) is 0 Å². The molecule has 2 aliphatic heterocycles. The Morgan fingerprint density at radius 2 is 2.32 bits per heavy atom. The smallest absolute Gasteiger partial charge is 0.334 e. The molecule has 0 saturated carbocycles. The Morgan fingerprint density at radius 1 is 1.50 bits per heavy atom. The molecule has 2 atom stereocenters. The number of β-lactam (4-membered cyclic amide) rings is 1. The average Bonchev–Trinajstić information content (AvgIpc) is 2.96. The van der Waals surface area contributed by atoms with Crippen LogP contribution >= 0.6 is 23.1 Å². The first kappa shape index (κ1) is 15.0. The molecule has 1 unspecified atom stereocenters. The fraction of sp³-hybridized carbons (Fsp3) is 0.385. The van der Waals surface area contributed by atoms with Gasteiger partial charge in [-0.25, -0.2) is 9.78 Å². The molecule has 0 aliphatic carbocycles. The van der Waals surface area contributed by atoms with Crippen molar-refractivity contribution in [1.29, 1.82) is 0 Å². The van der Waals surface area contributed by atoms with Gasteiger partial charge in [-0.2, -0.15) is 0 Å². The van der Waals surface area contributed by atoms with E-state index in [9.17, 15) is 19.5 Å². The molecular formula is C13H12N2O5S2. The lowest BCUT2D eigenvalue weighted by Gasteiger charge is -2.43. The van der Waals surface area contributed by atoms with Gasteiger partial charge in [0.2, 0.25) is 5.91 Å². The second kappa shape index (κ2) is 6.09. The molecule has 1 fully saturated rings. The zero-order valence-corrected chi connectivity index (χ0v) is 12.9. The van der Waals surface area contributed by atoms with Gasteiger partial charge in [0.05, 0.1) is 40.2 Å². The maximum Gasteiger partial charge on any atom is 0.334 e. The third-order valence-electron chi connectivity index (χ3n) is 3.35. The summed E-state index contributed by atoms with van der Waals surface area (Å²) in [5.74, 6) is -1.63. The first-order valence-corrected chi connectivity index (χ1v) is 8.37. The number of carbonyl (C=O) groups is 3. The number of hydrogen-bond donors (Lipinski definition) is 1. The van der Waals surface area contributed by atoms with Crippen LogP contribution in [-0.4, -0.2) is 50.1 Å². The Morgan fingerprint density at radius 3 is 2.95 bits per heavy atom. The first-order chi connectivity index (χ1) is 10.5. The molecule has 3 rings (SSSR count). The number of thiazole rings is 1. The summed E-state index contributed by atoms with van der Waals surface area (Å²) in [6.07, 6.45) is 1.81. The first-order valence-electron chi connectivity index (χ1n) is 6.49. The number of rotatable bonds is 5. The Bertz CT molecular complexity index is 643. The van der Waals surface area contributed by atoms with Crippen molar-refractivity contribution in [1.82, 2.24) is 9.88 Å². The quantitative estimate of drug-likeness (QED) is 0.627. The molecule has 1 saturated heterocycles. The molecule has 1 aromatic rings. The highest BCUT2D eigenvalue weighted by Crippen LogP contribution is 2.40. The van der Waals surface area contributed by atoms with Crippen molar-refractivity contribution in [2.45, 2.75) is 23.5 Å². The molecule has 116 valence electrons. The van der Waals surface area contributed by atoms with Crippen LogP contribution in [0.5, 0.6) is 0 Å². The molecule has 9 heteroatoms. The van der Waals surface area contributed by atoms with Crippen molar-refractivity contribution in [3.05, 3.63) is 28.4 Å². The minimum atomic E-state index is -1.11. The van der Waals surface area contributed by atoms with Gasteiger partial charge in [-0.3, -0.25) is 9.59 Å². The zero-order valence-electron chi connectivity index (χ0n) is 11.3. The molecule has 1 N–H and O–H groups in total. The maximum absolute atomic E-state index is 11.7. The van der Waals surface area contributed by atoms with Gasteiger partial charge in [0.1, 0.15) is 6.61 Å². The number of hydrogen-bond acceptors (Lipinski definition) is 7. The summed E-state index contributed by atoms with van der Waals surface area (Å²) in [7, 11) is 0. The topological polar surface area (TPSA) is 96.8 Å². The van der Waals surface area contributed by atoms with E-state index in [1.807, 2.05) is 0 Å². The third kappa shape index (κ3) is 3.00. The van der Waals surface area contributed by atoms with Crippen LogP contribution in [0.2, 0.25) is 0 Å². The van der Waals surface area contributed by atoms with Crippen molar-refractivity contribution in [3.8, 4) is 0 Å². The molecule has 0 bridgehead atoms. The number of carboxylic acid groups (broad SMARTS) is 1. The third-order valence-corrected chi connectivity index (χ3v) is 5.41. The molecule has 7 nitrogen and oxygen atoms in total. The summed E-state index contributed by atoms with van der Waals surface area (Å²) in [6.45, 7) is -0.0235. The van der Waals surface area contributed by atoms with E-state index >= 15 is 0 Å². The monoisotopic (exact) mass is 340 g/mol. The van der Waals surface area contributed by atoms with Gasteiger partial charge < -0.3 is 14.7 Å². The van der Waals surface area contributed by atoms with E-state index < -0.39 is 17.2 Å². The molecule has 1 amide bonds. The van der Waals surface area contributed by atoms with Crippen LogP contribution in [0.1, 0.15) is 12.1 Å². The lowest BCUT2D eigenvalue weighted by molar-refractivity contribution is -0.144. The minimum absolute atomic E-state index is 0.0235. The van der Waals surface area contributed by atoms with Crippen LogP contribution in [-0.2, 0) is 25.5 Å². The molecule has 1 aromatic heterocycles. The number of nitrogens with zero attached hydrogens (tertiary/aromatic N) is 2. The van der Waals surface area contributed by atoms with Crippen LogP contribution in [0.25, 0.3) is 0 Å². The van der Waals surface area contributed by atoms with Gasteiger partial charge in [-0.05, 0) is 0 Å². The molecular weight excluding hydrogens is 328 g/mol. The number of aliphatic carboxylic acids is 1. The van der Waals surface area contributed by atoms with Gasteiger partial charge in [0.15, 0.2) is 0 Å². The molecule has 3 heterocycles. The van der Waals surface area contributed by atoms with Crippen LogP contribution in [0.15, 0.2) is 22.7 Å². The molecule has 0 aromatic carbocycles. The number of amides is 1. The number of fused-ring (bicyclic) bond motifs is 1. The number of carboxylic acids is 1. The summed E-state index contributed by atoms with van der Waals surface area (Å²) in [4.78, 5) is 39.8. The summed E-state index contributed by atoms with van der Waals surface area (Å²) in [6, 6.07) is 0. The van der Waals surface area contributed by atoms with E-state index in [1.165, 1.54) is 34.2 Å². The number of aromatic nitrogens is 1. The van der Waals surface area contributed by atoms with E-state index in [0.29, 0.717) is 12.1 Å². The Hall–Kier alpha value is -1.87. The van der Waals surface area contributed by atoms with Gasteiger partial charge in [-0.1, -0.05) is 0 Å². The Kier molecular flexibility index (Phi) is 4.16. The lowest BCUT2D eigenvalue weighted by Crippen LogP contribution is -2.51. The minimum Gasteiger partial charge on any atom is -0.478 e. The number of carbonyl (C=O) groups excluding carboxylic acids is 2. The molecule has 2 aliphatic rings. The number of ether oxygens (including phenoxy) is 1. The maximum atomic E-state index is 11.7. The summed E-state index contributed by atoms with van der Waals surface area (Å²) in [5.41, 5.74) is 2.35. The lowest BCUT2D eigenvalue weighted by atomic mass is 10.1. The number of esters is 1. The van der Waals surface area contributed by atoms with Crippen molar-refractivity contribution >= 4 is 40.9 Å². The highest BCUT2D eigenvalue weighted by atomic mass is 32.2. The van der Waals surface area contributed by atoms with Crippen LogP contribution in [0.4, 0.5) is 0 Å². The molecule has 22 heavy (non-hydrogen) atoms. The van der Waals surface area contributed by atoms with E-state index in [2.05, 4.69) is 4.98 Å². The van der Waals surface area contributed by atoms with Crippen molar-refractivity contribution < 1.29 is 24.2 Å². The Labute approximate surface area is 134 Å². The van der Waals surface area contributed by atoms with Gasteiger partial charge in [0.25, 0.3) is 0 Å². The second-order valence-corrected chi connectivity index (χ2v) is 6.92. The average molecular weight is 340 g/mol. The molecule has 0 spiro atoms. The second-order valence-electron chi connectivity index (χ2n) is 4.81. The normalized spacial score (nSPS) is 23.4. The van der Waals surface area contributed by atoms with Gasteiger partial charge in [0, 0.05) is 11.6 Å². The predicted octanol–water partition coefficient (Wildman–Crippen LogP) is 0.871. The van der Waals surface area contributed by atoms with Gasteiger partial charge >= 0.3 is 11.9 Å². The number of thioether (sulfide) groups is 1. The Balaban J connectivity index is 1.60. The van der Waals surface area contributed by atoms with Crippen molar-refractivity contribution in [3.63, 3.8) is 0 Å². The highest BCUT2D eigenvalue weighted by Gasteiger charge is 2.43. The van der Waals surface area contributed by atoms with Crippen LogP contribution in [0, 0.1) is 0 Å². The fourth-order valence-corrected chi connectivity index (χ4v) is 4.12. The van der Waals surface area contributed by atoms with Crippen molar-refractivity contribution in [2.24, 2.45) is 0 Å². The van der Waals surface area contributed by atoms with Crippen molar-refractivity contribution in [2.75, 3.05) is 6.61 Å². The van der Waals surface area contributed by atoms with E-state index in [4.69, 9.17) is 4.74 Å². The SMILES string of the molecule is O=C(Cc1cscn1)OCC1S[C@@H]2CC(=O)N2C=C1C(=O)O. The summed E-state index contributed by atoms with van der Waals surface area (Å²) < 4.78 is 5.17.